The summed E-state index contributed by atoms with van der Waals surface area (Å²) in [6.07, 6.45) is 1.12. The van der Waals surface area contributed by atoms with Crippen LogP contribution in [0.3, 0.4) is 0 Å². The lowest BCUT2D eigenvalue weighted by Gasteiger charge is -2.08. The van der Waals surface area contributed by atoms with Crippen LogP contribution < -0.4 is 4.74 Å². The molecule has 6 nitrogen and oxygen atoms in total. The van der Waals surface area contributed by atoms with E-state index in [9.17, 15) is 14.5 Å². The maximum Gasteiger partial charge on any atom is 0.311 e. The van der Waals surface area contributed by atoms with Crippen molar-refractivity contribution in [3.05, 3.63) is 63.7 Å². The van der Waals surface area contributed by atoms with Gasteiger partial charge in [-0.15, -0.1) is 0 Å². The number of para-hydroxylation sites is 1. The molecule has 0 spiro atoms. The number of hydrogen-bond acceptors (Lipinski definition) is 5. The predicted molar refractivity (Wildman–Crippen MR) is 77.7 cm³/mol. The Labute approximate surface area is 128 Å². The minimum Gasteiger partial charge on any atom is -0.431 e. The van der Waals surface area contributed by atoms with Gasteiger partial charge in [-0.05, 0) is 18.2 Å². The van der Waals surface area contributed by atoms with Crippen molar-refractivity contribution in [1.29, 1.82) is 0 Å². The number of nitro benzene ring substituents is 1. The van der Waals surface area contributed by atoms with Crippen LogP contribution in [-0.2, 0) is 0 Å². The highest BCUT2D eigenvalue weighted by Gasteiger charge is 2.18. The molecule has 110 valence electrons. The van der Waals surface area contributed by atoms with Gasteiger partial charge in [0.05, 0.1) is 10.3 Å². The monoisotopic (exact) mass is 319 g/mol. The zero-order valence-electron chi connectivity index (χ0n) is 10.9. The molecule has 0 saturated heterocycles. The molecular formula is C14H7ClFN3O3. The van der Waals surface area contributed by atoms with E-state index in [0.717, 1.165) is 6.33 Å². The SMILES string of the molecule is O=[N+]([O-])c1ccc(Cl)cc1Oc1ncnc2c(F)cccc12. The van der Waals surface area contributed by atoms with Crippen molar-refractivity contribution in [3.63, 3.8) is 0 Å². The van der Waals surface area contributed by atoms with E-state index in [0.29, 0.717) is 5.39 Å². The van der Waals surface area contributed by atoms with Crippen LogP contribution in [0, 0.1) is 15.9 Å². The molecule has 0 amide bonds. The van der Waals surface area contributed by atoms with Crippen molar-refractivity contribution in [3.8, 4) is 11.6 Å². The van der Waals surface area contributed by atoms with Crippen molar-refractivity contribution in [2.75, 3.05) is 0 Å². The molecule has 0 aliphatic carbocycles. The first-order valence-electron chi connectivity index (χ1n) is 6.07. The molecule has 0 N–H and O–H groups in total. The molecule has 2 aromatic carbocycles. The van der Waals surface area contributed by atoms with Crippen molar-refractivity contribution < 1.29 is 14.1 Å². The zero-order valence-corrected chi connectivity index (χ0v) is 11.6. The standard InChI is InChI=1S/C14H7ClFN3O3/c15-8-4-5-11(19(20)21)12(6-8)22-14-9-2-1-3-10(16)13(9)17-7-18-14/h1-7H. The van der Waals surface area contributed by atoms with Gasteiger partial charge in [0.2, 0.25) is 11.6 Å². The number of aromatic nitrogens is 2. The number of fused-ring (bicyclic) bond motifs is 1. The minimum absolute atomic E-state index is 0.00914. The molecule has 0 bridgehead atoms. The summed E-state index contributed by atoms with van der Waals surface area (Å²) in [6, 6.07) is 8.18. The molecule has 0 fully saturated rings. The second kappa shape index (κ2) is 5.53. The third kappa shape index (κ3) is 2.53. The Morgan fingerprint density at radius 3 is 2.82 bits per heavy atom. The van der Waals surface area contributed by atoms with Crippen molar-refractivity contribution >= 4 is 28.2 Å². The van der Waals surface area contributed by atoms with Gasteiger partial charge < -0.3 is 4.74 Å². The fourth-order valence-corrected chi connectivity index (χ4v) is 2.10. The van der Waals surface area contributed by atoms with Crippen LogP contribution in [0.5, 0.6) is 11.6 Å². The van der Waals surface area contributed by atoms with Crippen LogP contribution in [0.1, 0.15) is 0 Å². The van der Waals surface area contributed by atoms with E-state index in [4.69, 9.17) is 16.3 Å². The molecule has 3 rings (SSSR count). The summed E-state index contributed by atoms with van der Waals surface area (Å²) in [6.45, 7) is 0. The number of benzene rings is 2. The second-order valence-electron chi connectivity index (χ2n) is 4.29. The van der Waals surface area contributed by atoms with E-state index in [1.54, 1.807) is 6.07 Å². The maximum atomic E-state index is 13.7. The maximum absolute atomic E-state index is 13.7. The van der Waals surface area contributed by atoms with Crippen molar-refractivity contribution in [1.82, 2.24) is 9.97 Å². The lowest BCUT2D eigenvalue weighted by Crippen LogP contribution is -1.96. The molecule has 0 radical (unpaired) electrons. The van der Waals surface area contributed by atoms with Gasteiger partial charge >= 0.3 is 5.69 Å². The van der Waals surface area contributed by atoms with E-state index in [-0.39, 0.29) is 27.9 Å². The molecular weight excluding hydrogens is 313 g/mol. The number of halogens is 2. The smallest absolute Gasteiger partial charge is 0.311 e. The lowest BCUT2D eigenvalue weighted by molar-refractivity contribution is -0.385. The molecule has 8 heteroatoms. The van der Waals surface area contributed by atoms with Gasteiger partial charge in [0, 0.05) is 17.2 Å². The van der Waals surface area contributed by atoms with Gasteiger partial charge in [-0.25, -0.2) is 14.4 Å². The summed E-state index contributed by atoms with van der Waals surface area (Å²) in [5.74, 6) is -0.609. The molecule has 3 aromatic rings. The van der Waals surface area contributed by atoms with E-state index in [1.807, 2.05) is 0 Å². The number of ether oxygens (including phenoxy) is 1. The Kier molecular flexibility index (Phi) is 3.56. The highest BCUT2D eigenvalue weighted by atomic mass is 35.5. The van der Waals surface area contributed by atoms with Crippen LogP contribution in [0.4, 0.5) is 10.1 Å². The number of nitro groups is 1. The summed E-state index contributed by atoms with van der Waals surface area (Å²) in [5.41, 5.74) is -0.204. The molecule has 22 heavy (non-hydrogen) atoms. The van der Waals surface area contributed by atoms with Gasteiger partial charge in [0.1, 0.15) is 17.7 Å². The van der Waals surface area contributed by atoms with Crippen LogP contribution in [-0.4, -0.2) is 14.9 Å². The van der Waals surface area contributed by atoms with Crippen molar-refractivity contribution in [2.24, 2.45) is 0 Å². The van der Waals surface area contributed by atoms with E-state index in [2.05, 4.69) is 9.97 Å². The Morgan fingerprint density at radius 2 is 2.05 bits per heavy atom. The van der Waals surface area contributed by atoms with E-state index < -0.39 is 10.7 Å². The Morgan fingerprint density at radius 1 is 1.23 bits per heavy atom. The fraction of sp³-hybridized carbons (Fsp3) is 0. The highest BCUT2D eigenvalue weighted by molar-refractivity contribution is 6.30. The zero-order chi connectivity index (χ0) is 15.7. The average molecular weight is 320 g/mol. The third-order valence-electron chi connectivity index (χ3n) is 2.90. The Balaban J connectivity index is 2.13. The number of nitrogens with zero attached hydrogens (tertiary/aromatic N) is 3. The first kappa shape index (κ1) is 14.2. The van der Waals surface area contributed by atoms with E-state index >= 15 is 0 Å². The summed E-state index contributed by atoms with van der Waals surface area (Å²) < 4.78 is 19.2. The molecule has 0 unspecified atom stereocenters. The molecule has 1 heterocycles. The Hall–Kier alpha value is -2.80. The molecule has 1 aromatic heterocycles. The number of hydrogen-bond donors (Lipinski definition) is 0. The van der Waals surface area contributed by atoms with Gasteiger partial charge in [-0.1, -0.05) is 17.7 Å². The number of rotatable bonds is 3. The first-order chi connectivity index (χ1) is 10.6. The lowest BCUT2D eigenvalue weighted by atomic mass is 10.2. The van der Waals surface area contributed by atoms with Crippen LogP contribution >= 0.6 is 11.6 Å². The summed E-state index contributed by atoms with van der Waals surface area (Å²) >= 11 is 5.84. The quantitative estimate of drug-likeness (QED) is 0.536. The van der Waals surface area contributed by atoms with E-state index in [1.165, 1.54) is 30.3 Å². The van der Waals surface area contributed by atoms with Gasteiger partial charge in [0.25, 0.3) is 0 Å². The summed E-state index contributed by atoms with van der Waals surface area (Å²) in [5, 5.41) is 11.6. The minimum atomic E-state index is -0.602. The van der Waals surface area contributed by atoms with Crippen LogP contribution in [0.15, 0.2) is 42.7 Å². The predicted octanol–water partition coefficient (Wildman–Crippen LogP) is 4.12. The molecule has 0 aliphatic heterocycles. The topological polar surface area (TPSA) is 78.2 Å². The molecule has 0 aliphatic rings. The van der Waals surface area contributed by atoms with Crippen molar-refractivity contribution in [2.45, 2.75) is 0 Å². The van der Waals surface area contributed by atoms with Gasteiger partial charge in [0.15, 0.2) is 0 Å². The third-order valence-corrected chi connectivity index (χ3v) is 3.14. The highest BCUT2D eigenvalue weighted by Crippen LogP contribution is 2.35. The molecule has 0 atom stereocenters. The Bertz CT molecular complexity index is 888. The molecule has 0 saturated carbocycles. The normalized spacial score (nSPS) is 10.6. The van der Waals surface area contributed by atoms with Gasteiger partial charge in [-0.3, -0.25) is 10.1 Å². The van der Waals surface area contributed by atoms with Crippen LogP contribution in [0.25, 0.3) is 10.9 Å². The largest absolute Gasteiger partial charge is 0.431 e. The van der Waals surface area contributed by atoms with Gasteiger partial charge in [-0.2, -0.15) is 0 Å². The average Bonchev–Trinajstić information content (AvgIpc) is 2.48. The van der Waals surface area contributed by atoms with Crippen LogP contribution in [0.2, 0.25) is 5.02 Å². The summed E-state index contributed by atoms with van der Waals surface area (Å²) in [4.78, 5) is 18.2. The second-order valence-corrected chi connectivity index (χ2v) is 4.72. The summed E-state index contributed by atoms with van der Waals surface area (Å²) in [7, 11) is 0. The fourth-order valence-electron chi connectivity index (χ4n) is 1.93. The first-order valence-corrected chi connectivity index (χ1v) is 6.45.